The van der Waals surface area contributed by atoms with Crippen LogP contribution in [0, 0.1) is 0 Å². The Morgan fingerprint density at radius 1 is 1.21 bits per heavy atom. The minimum atomic E-state index is 0.534. The number of piperazine rings is 1. The summed E-state index contributed by atoms with van der Waals surface area (Å²) in [5.74, 6) is 0.534. The molecule has 2 fully saturated rings. The van der Waals surface area contributed by atoms with Crippen molar-refractivity contribution in [1.29, 1.82) is 0 Å². The van der Waals surface area contributed by atoms with Gasteiger partial charge in [-0.05, 0) is 12.8 Å². The molecule has 1 aliphatic heterocycles. The van der Waals surface area contributed by atoms with Crippen molar-refractivity contribution in [3.63, 3.8) is 0 Å². The molecule has 1 saturated heterocycles. The fraction of sp³-hybridized carbons (Fsp3) is 0.786. The zero-order valence-electron chi connectivity index (χ0n) is 11.4. The fourth-order valence-corrected chi connectivity index (χ4v) is 4.29. The summed E-state index contributed by atoms with van der Waals surface area (Å²) >= 11 is 7.54. The highest BCUT2D eigenvalue weighted by atomic mass is 35.5. The van der Waals surface area contributed by atoms with Crippen molar-refractivity contribution in [3.8, 4) is 0 Å². The fourth-order valence-electron chi connectivity index (χ4n) is 3.23. The number of nitrogens with zero attached hydrogens (tertiary/aromatic N) is 3. The number of rotatable bonds is 4. The molecule has 5 heteroatoms. The standard InChI is InChI=1S/C14H22ClN3S/c15-9-12-11-19-14(16-12)10-17-5-7-18(8-6-17)13-3-1-2-4-13/h11,13H,1-10H2. The molecule has 0 spiro atoms. The van der Waals surface area contributed by atoms with Crippen LogP contribution in [0.25, 0.3) is 0 Å². The van der Waals surface area contributed by atoms with Crippen LogP contribution in [0.15, 0.2) is 5.38 Å². The third-order valence-corrected chi connectivity index (χ3v) is 5.50. The minimum Gasteiger partial charge on any atom is -0.298 e. The smallest absolute Gasteiger partial charge is 0.107 e. The summed E-state index contributed by atoms with van der Waals surface area (Å²) in [5.41, 5.74) is 1.02. The van der Waals surface area contributed by atoms with E-state index in [9.17, 15) is 0 Å². The maximum absolute atomic E-state index is 5.80. The lowest BCUT2D eigenvalue weighted by Gasteiger charge is -2.37. The van der Waals surface area contributed by atoms with Crippen LogP contribution in [0.3, 0.4) is 0 Å². The predicted octanol–water partition coefficient (Wildman–Crippen LogP) is 2.94. The summed E-state index contributed by atoms with van der Waals surface area (Å²) in [6.07, 6.45) is 5.72. The molecule has 0 bridgehead atoms. The average molecular weight is 300 g/mol. The van der Waals surface area contributed by atoms with Crippen molar-refractivity contribution in [2.45, 2.75) is 44.1 Å². The zero-order chi connectivity index (χ0) is 13.1. The molecule has 1 aromatic heterocycles. The highest BCUT2D eigenvalue weighted by molar-refractivity contribution is 7.09. The second-order valence-corrected chi connectivity index (χ2v) is 6.83. The van der Waals surface area contributed by atoms with Gasteiger partial charge in [0.05, 0.1) is 18.1 Å². The van der Waals surface area contributed by atoms with Crippen molar-refractivity contribution in [3.05, 3.63) is 16.1 Å². The molecule has 19 heavy (non-hydrogen) atoms. The van der Waals surface area contributed by atoms with Gasteiger partial charge in [-0.2, -0.15) is 0 Å². The Morgan fingerprint density at radius 2 is 1.95 bits per heavy atom. The quantitative estimate of drug-likeness (QED) is 0.797. The number of aromatic nitrogens is 1. The molecule has 0 atom stereocenters. The Morgan fingerprint density at radius 3 is 2.58 bits per heavy atom. The number of hydrogen-bond acceptors (Lipinski definition) is 4. The Labute approximate surface area is 124 Å². The zero-order valence-corrected chi connectivity index (χ0v) is 12.9. The van der Waals surface area contributed by atoms with Crippen LogP contribution in [-0.2, 0) is 12.4 Å². The molecule has 1 saturated carbocycles. The molecule has 1 aromatic rings. The summed E-state index contributed by atoms with van der Waals surface area (Å²) in [5, 5.41) is 3.29. The molecule has 0 radical (unpaired) electrons. The van der Waals surface area contributed by atoms with Crippen LogP contribution in [0.4, 0.5) is 0 Å². The van der Waals surface area contributed by atoms with E-state index in [0.29, 0.717) is 5.88 Å². The van der Waals surface area contributed by atoms with Gasteiger partial charge in [-0.15, -0.1) is 22.9 Å². The first kappa shape index (κ1) is 13.8. The summed E-state index contributed by atoms with van der Waals surface area (Å²) in [7, 11) is 0. The molecule has 106 valence electrons. The van der Waals surface area contributed by atoms with Gasteiger partial charge in [0.2, 0.25) is 0 Å². The van der Waals surface area contributed by atoms with Crippen molar-refractivity contribution >= 4 is 22.9 Å². The molecule has 0 aromatic carbocycles. The molecule has 2 aliphatic rings. The Bertz CT molecular complexity index is 395. The molecule has 1 aliphatic carbocycles. The first-order chi connectivity index (χ1) is 9.35. The van der Waals surface area contributed by atoms with Crippen molar-refractivity contribution in [1.82, 2.24) is 14.8 Å². The topological polar surface area (TPSA) is 19.4 Å². The minimum absolute atomic E-state index is 0.534. The molecule has 3 nitrogen and oxygen atoms in total. The van der Waals surface area contributed by atoms with Gasteiger partial charge in [-0.1, -0.05) is 12.8 Å². The van der Waals surface area contributed by atoms with E-state index >= 15 is 0 Å². The molecule has 3 rings (SSSR count). The highest BCUT2D eigenvalue weighted by Gasteiger charge is 2.26. The number of hydrogen-bond donors (Lipinski definition) is 0. The molecule has 0 N–H and O–H groups in total. The van der Waals surface area contributed by atoms with Gasteiger partial charge >= 0.3 is 0 Å². The number of halogens is 1. The van der Waals surface area contributed by atoms with Gasteiger partial charge in [-0.3, -0.25) is 9.80 Å². The molecule has 0 amide bonds. The molecular formula is C14H22ClN3S. The van der Waals surface area contributed by atoms with Crippen LogP contribution in [-0.4, -0.2) is 47.0 Å². The van der Waals surface area contributed by atoms with E-state index in [4.69, 9.17) is 11.6 Å². The second-order valence-electron chi connectivity index (χ2n) is 5.62. The second kappa shape index (κ2) is 6.53. The normalized spacial score (nSPS) is 23.2. The van der Waals surface area contributed by atoms with E-state index in [1.807, 2.05) is 0 Å². The lowest BCUT2D eigenvalue weighted by Crippen LogP contribution is -2.49. The van der Waals surface area contributed by atoms with Crippen LogP contribution in [0.1, 0.15) is 36.4 Å². The van der Waals surface area contributed by atoms with Crippen molar-refractivity contribution < 1.29 is 0 Å². The highest BCUT2D eigenvalue weighted by Crippen LogP contribution is 2.24. The average Bonchev–Trinajstić information content (AvgIpc) is 3.10. The summed E-state index contributed by atoms with van der Waals surface area (Å²) < 4.78 is 0. The maximum atomic E-state index is 5.80. The molecule has 0 unspecified atom stereocenters. The van der Waals surface area contributed by atoms with Gasteiger partial charge in [0.15, 0.2) is 0 Å². The van der Waals surface area contributed by atoms with E-state index in [1.54, 1.807) is 11.3 Å². The van der Waals surface area contributed by atoms with Crippen LogP contribution < -0.4 is 0 Å². The Hall–Kier alpha value is -0.160. The summed E-state index contributed by atoms with van der Waals surface area (Å²) in [4.78, 5) is 9.78. The SMILES string of the molecule is ClCc1csc(CN2CCN(C3CCCC3)CC2)n1. The largest absolute Gasteiger partial charge is 0.298 e. The van der Waals surface area contributed by atoms with Gasteiger partial charge in [-0.25, -0.2) is 4.98 Å². The van der Waals surface area contributed by atoms with Crippen molar-refractivity contribution in [2.75, 3.05) is 26.2 Å². The van der Waals surface area contributed by atoms with E-state index in [2.05, 4.69) is 20.2 Å². The molecular weight excluding hydrogens is 278 g/mol. The van der Waals surface area contributed by atoms with Crippen molar-refractivity contribution in [2.24, 2.45) is 0 Å². The van der Waals surface area contributed by atoms with Crippen LogP contribution in [0.5, 0.6) is 0 Å². The summed E-state index contributed by atoms with van der Waals surface area (Å²) in [6, 6.07) is 0.880. The number of thiazole rings is 1. The van der Waals surface area contributed by atoms with E-state index < -0.39 is 0 Å². The van der Waals surface area contributed by atoms with Gasteiger partial charge in [0.1, 0.15) is 5.01 Å². The lowest BCUT2D eigenvalue weighted by molar-refractivity contribution is 0.0936. The van der Waals surface area contributed by atoms with Crippen LogP contribution >= 0.6 is 22.9 Å². The molecule has 2 heterocycles. The maximum Gasteiger partial charge on any atom is 0.107 e. The third-order valence-electron chi connectivity index (χ3n) is 4.34. The number of alkyl halides is 1. The monoisotopic (exact) mass is 299 g/mol. The first-order valence-corrected chi connectivity index (χ1v) is 8.72. The van der Waals surface area contributed by atoms with E-state index in [0.717, 1.165) is 18.3 Å². The van der Waals surface area contributed by atoms with Crippen LogP contribution in [0.2, 0.25) is 0 Å². The predicted molar refractivity (Wildman–Crippen MR) is 80.8 cm³/mol. The van der Waals surface area contributed by atoms with Gasteiger partial charge in [0.25, 0.3) is 0 Å². The van der Waals surface area contributed by atoms with Gasteiger partial charge < -0.3 is 0 Å². The first-order valence-electron chi connectivity index (χ1n) is 7.31. The van der Waals surface area contributed by atoms with Gasteiger partial charge in [0, 0.05) is 37.6 Å². The van der Waals surface area contributed by atoms with E-state index in [-0.39, 0.29) is 0 Å². The lowest BCUT2D eigenvalue weighted by atomic mass is 10.2. The third kappa shape index (κ3) is 3.48. The summed E-state index contributed by atoms with van der Waals surface area (Å²) in [6.45, 7) is 5.84. The Balaban J connectivity index is 1.47. The van der Waals surface area contributed by atoms with E-state index in [1.165, 1.54) is 56.9 Å². The Kier molecular flexibility index (Phi) is 4.74.